The molecule has 0 aromatic rings. The molecular weight excluding hydrogens is 228 g/mol. The number of hydrogen-bond donors (Lipinski definition) is 1. The van der Waals surface area contributed by atoms with Crippen LogP contribution in [0.1, 0.15) is 51.9 Å². The number of nitrogens with zero attached hydrogens (tertiary/aromatic N) is 1. The fourth-order valence-corrected chi connectivity index (χ4v) is 2.93. The van der Waals surface area contributed by atoms with Gasteiger partial charge in [0.15, 0.2) is 0 Å². The Morgan fingerprint density at radius 1 is 1.11 bits per heavy atom. The van der Waals surface area contributed by atoms with Gasteiger partial charge in [-0.05, 0) is 25.7 Å². The van der Waals surface area contributed by atoms with E-state index in [-0.39, 0.29) is 17.7 Å². The Kier molecular flexibility index (Phi) is 4.61. The van der Waals surface area contributed by atoms with Crippen molar-refractivity contribution in [3.63, 3.8) is 0 Å². The monoisotopic (exact) mass is 252 g/mol. The van der Waals surface area contributed by atoms with Crippen LogP contribution in [0.3, 0.4) is 0 Å². The summed E-state index contributed by atoms with van der Waals surface area (Å²) >= 11 is 0. The minimum atomic E-state index is 0.139. The van der Waals surface area contributed by atoms with Crippen molar-refractivity contribution in [2.24, 2.45) is 5.92 Å². The van der Waals surface area contributed by atoms with Crippen molar-refractivity contribution in [3.8, 4) is 0 Å². The minimum absolute atomic E-state index is 0.139. The third-order valence-electron chi connectivity index (χ3n) is 4.30. The number of rotatable bonds is 5. The van der Waals surface area contributed by atoms with Crippen LogP contribution in [0, 0.1) is 5.92 Å². The summed E-state index contributed by atoms with van der Waals surface area (Å²) in [6, 6.07) is 0.406. The Balaban J connectivity index is 1.71. The molecule has 0 saturated heterocycles. The van der Waals surface area contributed by atoms with Gasteiger partial charge in [0.1, 0.15) is 0 Å². The first-order valence-electron chi connectivity index (χ1n) is 7.23. The fourth-order valence-electron chi connectivity index (χ4n) is 2.93. The topological polar surface area (TPSA) is 49.4 Å². The summed E-state index contributed by atoms with van der Waals surface area (Å²) in [4.78, 5) is 25.2. The zero-order chi connectivity index (χ0) is 13.0. The Morgan fingerprint density at radius 3 is 2.28 bits per heavy atom. The Labute approximate surface area is 109 Å². The van der Waals surface area contributed by atoms with Crippen LogP contribution in [0.15, 0.2) is 0 Å². The summed E-state index contributed by atoms with van der Waals surface area (Å²) in [5, 5.41) is 2.96. The van der Waals surface area contributed by atoms with Gasteiger partial charge < -0.3 is 10.2 Å². The van der Waals surface area contributed by atoms with E-state index in [1.807, 2.05) is 4.90 Å². The summed E-state index contributed by atoms with van der Waals surface area (Å²) in [6.45, 7) is 2.90. The van der Waals surface area contributed by atoms with Crippen molar-refractivity contribution >= 4 is 11.8 Å². The highest BCUT2D eigenvalue weighted by atomic mass is 16.2. The van der Waals surface area contributed by atoms with Crippen LogP contribution < -0.4 is 5.32 Å². The molecule has 0 aromatic carbocycles. The second-order valence-electron chi connectivity index (χ2n) is 5.57. The third-order valence-corrected chi connectivity index (χ3v) is 4.30. The first-order chi connectivity index (χ1) is 8.68. The molecule has 0 unspecified atom stereocenters. The molecule has 2 saturated carbocycles. The second kappa shape index (κ2) is 6.21. The van der Waals surface area contributed by atoms with Crippen molar-refractivity contribution in [2.45, 2.75) is 57.9 Å². The number of carbonyl (C=O) groups is 2. The highest BCUT2D eigenvalue weighted by molar-refractivity contribution is 5.79. The molecule has 102 valence electrons. The Bertz CT molecular complexity index is 307. The number of hydrogen-bond acceptors (Lipinski definition) is 2. The predicted molar refractivity (Wildman–Crippen MR) is 70.0 cm³/mol. The van der Waals surface area contributed by atoms with E-state index >= 15 is 0 Å². The van der Waals surface area contributed by atoms with Crippen LogP contribution in [0.25, 0.3) is 0 Å². The third kappa shape index (κ3) is 3.24. The Hall–Kier alpha value is -1.06. The summed E-state index contributed by atoms with van der Waals surface area (Å²) in [7, 11) is 0. The van der Waals surface area contributed by atoms with Crippen molar-refractivity contribution in [2.75, 3.05) is 13.1 Å². The zero-order valence-electron chi connectivity index (χ0n) is 11.3. The maximum atomic E-state index is 11.7. The first kappa shape index (κ1) is 13.4. The van der Waals surface area contributed by atoms with Crippen LogP contribution in [0.5, 0.6) is 0 Å². The van der Waals surface area contributed by atoms with E-state index in [0.717, 1.165) is 25.7 Å². The van der Waals surface area contributed by atoms with E-state index in [9.17, 15) is 9.59 Å². The predicted octanol–water partition coefficient (Wildman–Crippen LogP) is 1.69. The van der Waals surface area contributed by atoms with Gasteiger partial charge in [0, 0.05) is 32.0 Å². The molecule has 0 bridgehead atoms. The summed E-state index contributed by atoms with van der Waals surface area (Å²) in [6.07, 6.45) is 7.94. The van der Waals surface area contributed by atoms with Crippen molar-refractivity contribution in [1.82, 2.24) is 10.2 Å². The van der Waals surface area contributed by atoms with Gasteiger partial charge in [-0.15, -0.1) is 0 Å². The van der Waals surface area contributed by atoms with Crippen molar-refractivity contribution < 1.29 is 9.59 Å². The van der Waals surface area contributed by atoms with E-state index in [1.54, 1.807) is 6.92 Å². The molecule has 4 nitrogen and oxygen atoms in total. The molecule has 2 fully saturated rings. The van der Waals surface area contributed by atoms with Gasteiger partial charge in [0.05, 0.1) is 0 Å². The number of amides is 2. The van der Waals surface area contributed by atoms with Crippen molar-refractivity contribution in [1.29, 1.82) is 0 Å². The molecule has 2 amide bonds. The number of nitrogens with one attached hydrogen (secondary N) is 1. The fraction of sp³-hybridized carbons (Fsp3) is 0.857. The lowest BCUT2D eigenvalue weighted by Crippen LogP contribution is -2.44. The van der Waals surface area contributed by atoms with Crippen molar-refractivity contribution in [3.05, 3.63) is 0 Å². The molecule has 2 aliphatic carbocycles. The van der Waals surface area contributed by atoms with Gasteiger partial charge in [-0.25, -0.2) is 0 Å². The number of carbonyl (C=O) groups excluding carboxylic acids is 2. The second-order valence-corrected chi connectivity index (χ2v) is 5.57. The van der Waals surface area contributed by atoms with Gasteiger partial charge in [0.25, 0.3) is 0 Å². The molecule has 18 heavy (non-hydrogen) atoms. The molecule has 0 atom stereocenters. The van der Waals surface area contributed by atoms with Crippen LogP contribution in [-0.4, -0.2) is 35.8 Å². The molecule has 0 radical (unpaired) electrons. The van der Waals surface area contributed by atoms with Gasteiger partial charge in [-0.2, -0.15) is 0 Å². The molecule has 2 rings (SSSR count). The average Bonchev–Trinajstić information content (AvgIpc) is 2.74. The highest BCUT2D eigenvalue weighted by Gasteiger charge is 2.26. The lowest BCUT2D eigenvalue weighted by atomic mass is 9.85. The standard InChI is InChI=1S/C14H24N2O2/c1-11(17)16(13-7-2-3-8-13)10-9-15-14(18)12-5-4-6-12/h12-13H,2-10H2,1H3,(H,15,18). The van der Waals surface area contributed by atoms with Gasteiger partial charge in [-0.3, -0.25) is 9.59 Å². The largest absolute Gasteiger partial charge is 0.354 e. The van der Waals surface area contributed by atoms with E-state index in [4.69, 9.17) is 0 Å². The molecule has 2 aliphatic rings. The van der Waals surface area contributed by atoms with Gasteiger partial charge >= 0.3 is 0 Å². The van der Waals surface area contributed by atoms with Gasteiger partial charge in [0.2, 0.25) is 11.8 Å². The maximum Gasteiger partial charge on any atom is 0.223 e. The molecule has 1 N–H and O–H groups in total. The van der Waals surface area contributed by atoms with Crippen LogP contribution in [-0.2, 0) is 9.59 Å². The average molecular weight is 252 g/mol. The van der Waals surface area contributed by atoms with Gasteiger partial charge in [-0.1, -0.05) is 19.3 Å². The molecule has 0 aromatic heterocycles. The van der Waals surface area contributed by atoms with E-state index in [1.165, 1.54) is 19.3 Å². The SMILES string of the molecule is CC(=O)N(CCNC(=O)C1CCC1)C1CCCC1. The summed E-state index contributed by atoms with van der Waals surface area (Å²) < 4.78 is 0. The van der Waals surface area contributed by atoms with Crippen LogP contribution in [0.4, 0.5) is 0 Å². The molecule has 4 heteroatoms. The smallest absolute Gasteiger partial charge is 0.223 e. The highest BCUT2D eigenvalue weighted by Crippen LogP contribution is 2.26. The molecule has 0 heterocycles. The lowest BCUT2D eigenvalue weighted by Gasteiger charge is -2.29. The Morgan fingerprint density at radius 2 is 1.78 bits per heavy atom. The minimum Gasteiger partial charge on any atom is -0.354 e. The van der Waals surface area contributed by atoms with E-state index in [0.29, 0.717) is 19.1 Å². The quantitative estimate of drug-likeness (QED) is 0.809. The molecule has 0 spiro atoms. The normalized spacial score (nSPS) is 20.5. The van der Waals surface area contributed by atoms with E-state index < -0.39 is 0 Å². The molecular formula is C14H24N2O2. The van der Waals surface area contributed by atoms with E-state index in [2.05, 4.69) is 5.32 Å². The van der Waals surface area contributed by atoms with Crippen LogP contribution >= 0.6 is 0 Å². The first-order valence-corrected chi connectivity index (χ1v) is 7.23. The zero-order valence-corrected chi connectivity index (χ0v) is 11.3. The summed E-state index contributed by atoms with van der Waals surface area (Å²) in [5.41, 5.74) is 0. The maximum absolute atomic E-state index is 11.7. The van der Waals surface area contributed by atoms with Crippen LogP contribution in [0.2, 0.25) is 0 Å². The molecule has 0 aliphatic heterocycles. The lowest BCUT2D eigenvalue weighted by molar-refractivity contribution is -0.132. The summed E-state index contributed by atoms with van der Waals surface area (Å²) in [5.74, 6) is 0.554.